The summed E-state index contributed by atoms with van der Waals surface area (Å²) in [7, 11) is 1.39. The Kier molecular flexibility index (Phi) is 3.41. The quantitative estimate of drug-likeness (QED) is 0.766. The van der Waals surface area contributed by atoms with E-state index in [1.807, 2.05) is 29.6 Å². The van der Waals surface area contributed by atoms with Gasteiger partial charge in [0, 0.05) is 6.42 Å². The van der Waals surface area contributed by atoms with Gasteiger partial charge < -0.3 is 9.15 Å². The van der Waals surface area contributed by atoms with Crippen LogP contribution in [0, 0.1) is 0 Å². The first kappa shape index (κ1) is 11.0. The summed E-state index contributed by atoms with van der Waals surface area (Å²) in [5.74, 6) is 1.46. The van der Waals surface area contributed by atoms with Gasteiger partial charge in [-0.1, -0.05) is 6.07 Å². The minimum atomic E-state index is -0.214. The van der Waals surface area contributed by atoms with Crippen molar-refractivity contribution in [3.8, 4) is 10.6 Å². The van der Waals surface area contributed by atoms with Crippen LogP contribution < -0.4 is 0 Å². The molecule has 2 heterocycles. The maximum Gasteiger partial charge on any atom is 0.305 e. The second-order valence-corrected chi connectivity index (χ2v) is 4.27. The standard InChI is InChI=1S/C12H12O3S/c1-14-12(13)7-5-9-4-6-10(15-9)11-3-2-8-16-11/h2-4,6,8H,5,7H2,1H3. The Balaban J connectivity index is 2.00. The predicted octanol–water partition coefficient (Wildman–Crippen LogP) is 3.11. The number of carbonyl (C=O) groups is 1. The van der Waals surface area contributed by atoms with Crippen molar-refractivity contribution in [2.75, 3.05) is 7.11 Å². The largest absolute Gasteiger partial charge is 0.469 e. The zero-order chi connectivity index (χ0) is 11.4. The highest BCUT2D eigenvalue weighted by molar-refractivity contribution is 7.13. The lowest BCUT2D eigenvalue weighted by Crippen LogP contribution is -2.01. The molecule has 3 nitrogen and oxygen atoms in total. The van der Waals surface area contributed by atoms with E-state index < -0.39 is 0 Å². The molecule has 0 N–H and O–H groups in total. The van der Waals surface area contributed by atoms with E-state index in [0.29, 0.717) is 12.8 Å². The van der Waals surface area contributed by atoms with Crippen LogP contribution in [0.1, 0.15) is 12.2 Å². The maximum atomic E-state index is 11.0. The molecule has 0 fully saturated rings. The number of thiophene rings is 1. The molecule has 2 aromatic rings. The molecule has 84 valence electrons. The van der Waals surface area contributed by atoms with Crippen LogP contribution in [0.15, 0.2) is 34.1 Å². The molecule has 16 heavy (non-hydrogen) atoms. The monoisotopic (exact) mass is 236 g/mol. The van der Waals surface area contributed by atoms with Crippen molar-refractivity contribution in [1.29, 1.82) is 0 Å². The van der Waals surface area contributed by atoms with Crippen LogP contribution in [0.5, 0.6) is 0 Å². The van der Waals surface area contributed by atoms with Crippen LogP contribution in [-0.2, 0) is 16.0 Å². The Labute approximate surface area is 97.7 Å². The van der Waals surface area contributed by atoms with Crippen LogP contribution in [-0.4, -0.2) is 13.1 Å². The molecule has 0 saturated carbocycles. The summed E-state index contributed by atoms with van der Waals surface area (Å²) in [5, 5.41) is 2.01. The van der Waals surface area contributed by atoms with Gasteiger partial charge in [-0.2, -0.15) is 0 Å². The second-order valence-electron chi connectivity index (χ2n) is 3.32. The first-order valence-electron chi connectivity index (χ1n) is 4.99. The first-order chi connectivity index (χ1) is 7.79. The number of carbonyl (C=O) groups excluding carboxylic acids is 1. The zero-order valence-electron chi connectivity index (χ0n) is 8.93. The molecule has 0 radical (unpaired) electrons. The van der Waals surface area contributed by atoms with Crippen LogP contribution >= 0.6 is 11.3 Å². The van der Waals surface area contributed by atoms with E-state index in [9.17, 15) is 4.79 Å². The average molecular weight is 236 g/mol. The fourth-order valence-corrected chi connectivity index (χ4v) is 2.08. The molecular weight excluding hydrogens is 224 g/mol. The lowest BCUT2D eigenvalue weighted by molar-refractivity contribution is -0.140. The van der Waals surface area contributed by atoms with E-state index in [-0.39, 0.29) is 5.97 Å². The zero-order valence-corrected chi connectivity index (χ0v) is 9.75. The van der Waals surface area contributed by atoms with Gasteiger partial charge in [-0.05, 0) is 23.6 Å². The Bertz CT molecular complexity index is 456. The number of aryl methyl sites for hydroxylation is 1. The summed E-state index contributed by atoms with van der Waals surface area (Å²) in [6.45, 7) is 0. The smallest absolute Gasteiger partial charge is 0.305 e. The van der Waals surface area contributed by atoms with Crippen molar-refractivity contribution in [2.45, 2.75) is 12.8 Å². The average Bonchev–Trinajstić information content (AvgIpc) is 2.95. The highest BCUT2D eigenvalue weighted by Crippen LogP contribution is 2.26. The molecule has 2 rings (SSSR count). The van der Waals surface area contributed by atoms with E-state index in [1.165, 1.54) is 7.11 Å². The molecule has 4 heteroatoms. The SMILES string of the molecule is COC(=O)CCc1ccc(-c2cccs2)o1. The van der Waals surface area contributed by atoms with Gasteiger partial charge >= 0.3 is 5.97 Å². The highest BCUT2D eigenvalue weighted by atomic mass is 32.1. The van der Waals surface area contributed by atoms with Crippen molar-refractivity contribution < 1.29 is 13.9 Å². The van der Waals surface area contributed by atoms with Gasteiger partial charge in [0.25, 0.3) is 0 Å². The lowest BCUT2D eigenvalue weighted by Gasteiger charge is -1.96. The minimum absolute atomic E-state index is 0.214. The molecule has 0 unspecified atom stereocenters. The Morgan fingerprint density at radius 2 is 2.31 bits per heavy atom. The van der Waals surface area contributed by atoms with E-state index in [2.05, 4.69) is 4.74 Å². The van der Waals surface area contributed by atoms with Crippen molar-refractivity contribution in [3.05, 3.63) is 35.4 Å². The van der Waals surface area contributed by atoms with Gasteiger partial charge in [-0.3, -0.25) is 4.79 Å². The molecule has 0 saturated heterocycles. The van der Waals surface area contributed by atoms with Gasteiger partial charge in [0.2, 0.25) is 0 Å². The number of furan rings is 1. The number of methoxy groups -OCH3 is 1. The molecule has 0 atom stereocenters. The van der Waals surface area contributed by atoms with Crippen molar-refractivity contribution >= 4 is 17.3 Å². The summed E-state index contributed by atoms with van der Waals surface area (Å²) in [6.07, 6.45) is 0.936. The molecule has 2 aromatic heterocycles. The number of rotatable bonds is 4. The fourth-order valence-electron chi connectivity index (χ4n) is 1.39. The third kappa shape index (κ3) is 2.52. The van der Waals surface area contributed by atoms with Crippen LogP contribution in [0.4, 0.5) is 0 Å². The summed E-state index contributed by atoms with van der Waals surface area (Å²) < 4.78 is 10.2. The highest BCUT2D eigenvalue weighted by Gasteiger charge is 2.07. The summed E-state index contributed by atoms with van der Waals surface area (Å²) in [4.78, 5) is 12.1. The van der Waals surface area contributed by atoms with Crippen LogP contribution in [0.2, 0.25) is 0 Å². The van der Waals surface area contributed by atoms with E-state index >= 15 is 0 Å². The van der Waals surface area contributed by atoms with E-state index in [1.54, 1.807) is 11.3 Å². The normalized spacial score (nSPS) is 10.3. The lowest BCUT2D eigenvalue weighted by atomic mass is 10.2. The summed E-state index contributed by atoms with van der Waals surface area (Å²) in [5.41, 5.74) is 0. The Morgan fingerprint density at radius 1 is 1.44 bits per heavy atom. The van der Waals surface area contributed by atoms with E-state index in [0.717, 1.165) is 16.4 Å². The number of esters is 1. The van der Waals surface area contributed by atoms with Gasteiger partial charge in [-0.15, -0.1) is 11.3 Å². The molecule has 0 spiro atoms. The molecule has 0 bridgehead atoms. The maximum absolute atomic E-state index is 11.0. The first-order valence-corrected chi connectivity index (χ1v) is 5.87. The second kappa shape index (κ2) is 4.99. The molecule has 0 aliphatic rings. The third-order valence-corrected chi connectivity index (χ3v) is 3.11. The van der Waals surface area contributed by atoms with Crippen molar-refractivity contribution in [2.24, 2.45) is 0 Å². The number of ether oxygens (including phenoxy) is 1. The van der Waals surface area contributed by atoms with Crippen molar-refractivity contribution in [3.63, 3.8) is 0 Å². The molecular formula is C12H12O3S. The van der Waals surface area contributed by atoms with Crippen LogP contribution in [0.25, 0.3) is 10.6 Å². The molecule has 0 aliphatic heterocycles. The van der Waals surface area contributed by atoms with Gasteiger partial charge in [0.1, 0.15) is 11.5 Å². The summed E-state index contributed by atoms with van der Waals surface area (Å²) in [6, 6.07) is 7.82. The predicted molar refractivity (Wildman–Crippen MR) is 62.4 cm³/mol. The fraction of sp³-hybridized carbons (Fsp3) is 0.250. The Morgan fingerprint density at radius 3 is 3.00 bits per heavy atom. The Hall–Kier alpha value is -1.55. The number of hydrogen-bond donors (Lipinski definition) is 0. The van der Waals surface area contributed by atoms with Gasteiger partial charge in [0.15, 0.2) is 0 Å². The van der Waals surface area contributed by atoms with E-state index in [4.69, 9.17) is 4.42 Å². The molecule has 0 aromatic carbocycles. The van der Waals surface area contributed by atoms with Gasteiger partial charge in [0.05, 0.1) is 18.4 Å². The van der Waals surface area contributed by atoms with Gasteiger partial charge in [-0.25, -0.2) is 0 Å². The molecule has 0 aliphatic carbocycles. The van der Waals surface area contributed by atoms with Crippen molar-refractivity contribution in [1.82, 2.24) is 0 Å². The minimum Gasteiger partial charge on any atom is -0.469 e. The number of hydrogen-bond acceptors (Lipinski definition) is 4. The molecule has 0 amide bonds. The summed E-state index contributed by atoms with van der Waals surface area (Å²) >= 11 is 1.63. The third-order valence-electron chi connectivity index (χ3n) is 2.23. The van der Waals surface area contributed by atoms with Crippen LogP contribution in [0.3, 0.4) is 0 Å². The topological polar surface area (TPSA) is 39.4 Å².